The lowest BCUT2D eigenvalue weighted by atomic mass is 10.1. The SMILES string of the molecule is CC(C)c1cn2cccc2nn1. The van der Waals surface area contributed by atoms with Crippen LogP contribution in [0.4, 0.5) is 0 Å². The molecule has 12 heavy (non-hydrogen) atoms. The Kier molecular flexibility index (Phi) is 1.57. The summed E-state index contributed by atoms with van der Waals surface area (Å²) < 4.78 is 1.99. The zero-order valence-electron chi connectivity index (χ0n) is 7.23. The highest BCUT2D eigenvalue weighted by atomic mass is 15.2. The summed E-state index contributed by atoms with van der Waals surface area (Å²) in [6.07, 6.45) is 4.00. The van der Waals surface area contributed by atoms with E-state index in [1.165, 1.54) is 0 Å². The van der Waals surface area contributed by atoms with Crippen LogP contribution in [0, 0.1) is 0 Å². The van der Waals surface area contributed by atoms with Crippen molar-refractivity contribution in [2.75, 3.05) is 0 Å². The monoisotopic (exact) mass is 161 g/mol. The minimum Gasteiger partial charge on any atom is -0.305 e. The van der Waals surface area contributed by atoms with Crippen molar-refractivity contribution in [3.63, 3.8) is 0 Å². The molecule has 0 fully saturated rings. The molecule has 0 radical (unpaired) electrons. The number of nitrogens with zero attached hydrogens (tertiary/aromatic N) is 3. The summed E-state index contributed by atoms with van der Waals surface area (Å²) in [7, 11) is 0. The molecule has 2 aromatic heterocycles. The summed E-state index contributed by atoms with van der Waals surface area (Å²) in [5.74, 6) is 0.435. The summed E-state index contributed by atoms with van der Waals surface area (Å²) in [5.41, 5.74) is 1.93. The zero-order valence-corrected chi connectivity index (χ0v) is 7.23. The summed E-state index contributed by atoms with van der Waals surface area (Å²) >= 11 is 0. The third kappa shape index (κ3) is 1.07. The molecule has 0 N–H and O–H groups in total. The maximum absolute atomic E-state index is 4.11. The minimum atomic E-state index is 0.435. The standard InChI is InChI=1S/C9H11N3/c1-7(2)8-6-12-5-3-4-9(12)11-10-8/h3-7H,1-2H3. The first-order valence-corrected chi connectivity index (χ1v) is 4.07. The number of aromatic nitrogens is 3. The van der Waals surface area contributed by atoms with Crippen LogP contribution in [-0.4, -0.2) is 14.6 Å². The van der Waals surface area contributed by atoms with Crippen LogP contribution in [0.1, 0.15) is 25.5 Å². The van der Waals surface area contributed by atoms with Gasteiger partial charge in [0.2, 0.25) is 0 Å². The van der Waals surface area contributed by atoms with Gasteiger partial charge in [-0.25, -0.2) is 0 Å². The zero-order chi connectivity index (χ0) is 8.55. The molecule has 0 amide bonds. The van der Waals surface area contributed by atoms with E-state index in [4.69, 9.17) is 0 Å². The van der Waals surface area contributed by atoms with E-state index in [9.17, 15) is 0 Å². The van der Waals surface area contributed by atoms with Gasteiger partial charge in [0.25, 0.3) is 0 Å². The topological polar surface area (TPSA) is 30.2 Å². The third-order valence-corrected chi connectivity index (χ3v) is 1.89. The van der Waals surface area contributed by atoms with E-state index in [1.54, 1.807) is 0 Å². The van der Waals surface area contributed by atoms with E-state index in [-0.39, 0.29) is 0 Å². The Balaban J connectivity index is 2.60. The molecule has 3 nitrogen and oxygen atoms in total. The van der Waals surface area contributed by atoms with Crippen LogP contribution in [0.5, 0.6) is 0 Å². The molecule has 2 aromatic rings. The average molecular weight is 161 g/mol. The van der Waals surface area contributed by atoms with Crippen molar-refractivity contribution in [1.29, 1.82) is 0 Å². The third-order valence-electron chi connectivity index (χ3n) is 1.89. The molecule has 0 aliphatic carbocycles. The molecule has 0 aromatic carbocycles. The Hall–Kier alpha value is -1.38. The van der Waals surface area contributed by atoms with Gasteiger partial charge in [0.05, 0.1) is 5.69 Å². The fraction of sp³-hybridized carbons (Fsp3) is 0.333. The molecule has 0 bridgehead atoms. The van der Waals surface area contributed by atoms with E-state index < -0.39 is 0 Å². The highest BCUT2D eigenvalue weighted by molar-refractivity contribution is 5.37. The van der Waals surface area contributed by atoms with E-state index in [2.05, 4.69) is 24.0 Å². The fourth-order valence-corrected chi connectivity index (χ4v) is 1.12. The van der Waals surface area contributed by atoms with Gasteiger partial charge in [-0.05, 0) is 18.1 Å². The molecule has 3 heteroatoms. The van der Waals surface area contributed by atoms with E-state index in [1.807, 2.05) is 28.9 Å². The van der Waals surface area contributed by atoms with E-state index in [0.717, 1.165) is 11.3 Å². The van der Waals surface area contributed by atoms with E-state index in [0.29, 0.717) is 5.92 Å². The molecule has 0 spiro atoms. The van der Waals surface area contributed by atoms with Crippen LogP contribution in [-0.2, 0) is 0 Å². The molecule has 2 heterocycles. The van der Waals surface area contributed by atoms with Gasteiger partial charge in [-0.3, -0.25) is 0 Å². The molecule has 0 saturated heterocycles. The average Bonchev–Trinajstić information content (AvgIpc) is 2.49. The number of rotatable bonds is 1. The second-order valence-corrected chi connectivity index (χ2v) is 3.18. The van der Waals surface area contributed by atoms with Crippen molar-refractivity contribution in [3.05, 3.63) is 30.2 Å². The first-order valence-electron chi connectivity index (χ1n) is 4.07. The molecule has 62 valence electrons. The molecule has 0 unspecified atom stereocenters. The van der Waals surface area contributed by atoms with Gasteiger partial charge in [0.1, 0.15) is 0 Å². The highest BCUT2D eigenvalue weighted by Crippen LogP contribution is 2.10. The van der Waals surface area contributed by atoms with Crippen molar-refractivity contribution >= 4 is 5.65 Å². The van der Waals surface area contributed by atoms with Crippen molar-refractivity contribution in [2.45, 2.75) is 19.8 Å². The number of fused-ring (bicyclic) bond motifs is 1. The van der Waals surface area contributed by atoms with Crippen molar-refractivity contribution < 1.29 is 0 Å². The summed E-state index contributed by atoms with van der Waals surface area (Å²) in [6, 6.07) is 3.91. The highest BCUT2D eigenvalue weighted by Gasteiger charge is 2.02. The van der Waals surface area contributed by atoms with Gasteiger partial charge in [0, 0.05) is 12.4 Å². The van der Waals surface area contributed by atoms with Gasteiger partial charge in [0.15, 0.2) is 5.65 Å². The normalized spacial score (nSPS) is 11.2. The van der Waals surface area contributed by atoms with Crippen LogP contribution in [0.3, 0.4) is 0 Å². The maximum atomic E-state index is 4.11. The quantitative estimate of drug-likeness (QED) is 0.639. The Bertz CT molecular complexity index is 389. The second kappa shape index (κ2) is 2.59. The van der Waals surface area contributed by atoms with Gasteiger partial charge >= 0.3 is 0 Å². The lowest BCUT2D eigenvalue weighted by Crippen LogP contribution is -1.98. The number of hydrogen-bond acceptors (Lipinski definition) is 2. The smallest absolute Gasteiger partial charge is 0.159 e. The Labute approximate surface area is 71.1 Å². The predicted molar refractivity (Wildman–Crippen MR) is 47.1 cm³/mol. The Morgan fingerprint density at radius 2 is 2.17 bits per heavy atom. The van der Waals surface area contributed by atoms with E-state index >= 15 is 0 Å². The molecule has 0 saturated carbocycles. The van der Waals surface area contributed by atoms with Crippen LogP contribution in [0.2, 0.25) is 0 Å². The summed E-state index contributed by atoms with van der Waals surface area (Å²) in [4.78, 5) is 0. The van der Waals surface area contributed by atoms with Crippen molar-refractivity contribution in [1.82, 2.24) is 14.6 Å². The largest absolute Gasteiger partial charge is 0.305 e. The molecule has 0 aliphatic heterocycles. The van der Waals surface area contributed by atoms with Crippen molar-refractivity contribution in [3.8, 4) is 0 Å². The van der Waals surface area contributed by atoms with Crippen LogP contribution < -0.4 is 0 Å². The molecule has 0 aliphatic rings. The van der Waals surface area contributed by atoms with Crippen LogP contribution in [0.25, 0.3) is 5.65 Å². The molecular formula is C9H11N3. The molecular weight excluding hydrogens is 150 g/mol. The van der Waals surface area contributed by atoms with Crippen LogP contribution in [0.15, 0.2) is 24.5 Å². The first-order chi connectivity index (χ1) is 5.77. The summed E-state index contributed by atoms with van der Waals surface area (Å²) in [6.45, 7) is 4.22. The summed E-state index contributed by atoms with van der Waals surface area (Å²) in [5, 5.41) is 8.18. The fourth-order valence-electron chi connectivity index (χ4n) is 1.12. The van der Waals surface area contributed by atoms with Crippen LogP contribution >= 0.6 is 0 Å². The maximum Gasteiger partial charge on any atom is 0.159 e. The van der Waals surface area contributed by atoms with Gasteiger partial charge in [-0.2, -0.15) is 5.10 Å². The molecule has 0 atom stereocenters. The van der Waals surface area contributed by atoms with Gasteiger partial charge in [-0.1, -0.05) is 13.8 Å². The Morgan fingerprint density at radius 3 is 2.92 bits per heavy atom. The Morgan fingerprint density at radius 1 is 1.33 bits per heavy atom. The predicted octanol–water partition coefficient (Wildman–Crippen LogP) is 1.85. The second-order valence-electron chi connectivity index (χ2n) is 3.18. The van der Waals surface area contributed by atoms with Gasteiger partial charge in [-0.15, -0.1) is 5.10 Å². The van der Waals surface area contributed by atoms with Crippen molar-refractivity contribution in [2.24, 2.45) is 0 Å². The van der Waals surface area contributed by atoms with Gasteiger partial charge < -0.3 is 4.40 Å². The first kappa shape index (κ1) is 7.28. The number of hydrogen-bond donors (Lipinski definition) is 0. The molecule has 2 rings (SSSR count). The lowest BCUT2D eigenvalue weighted by molar-refractivity contribution is 0.770. The lowest BCUT2D eigenvalue weighted by Gasteiger charge is -2.02. The minimum absolute atomic E-state index is 0.435.